The molecule has 0 saturated carbocycles. The van der Waals surface area contributed by atoms with Gasteiger partial charge in [0.25, 0.3) is 0 Å². The number of aliphatic hydroxyl groups excluding tert-OH is 1. The van der Waals surface area contributed by atoms with Crippen LogP contribution in [0, 0.1) is 0 Å². The van der Waals surface area contributed by atoms with Crippen molar-refractivity contribution in [3.05, 3.63) is 29.8 Å². The molecule has 2 nitrogen and oxygen atoms in total. The molecule has 0 spiro atoms. The molecule has 1 aromatic carbocycles. The van der Waals surface area contributed by atoms with Crippen LogP contribution >= 0.6 is 11.8 Å². The van der Waals surface area contributed by atoms with Gasteiger partial charge in [-0.05, 0) is 24.0 Å². The van der Waals surface area contributed by atoms with E-state index in [9.17, 15) is 0 Å². The summed E-state index contributed by atoms with van der Waals surface area (Å²) in [6, 6.07) is 8.14. The largest absolute Gasteiger partial charge is 0.396 e. The molecule has 0 aliphatic rings. The number of hydrogen-bond donors (Lipinski definition) is 2. The number of hydrogen-bond acceptors (Lipinski definition) is 3. The summed E-state index contributed by atoms with van der Waals surface area (Å²) in [5.74, 6) is 0.0760. The van der Waals surface area contributed by atoms with E-state index in [4.69, 9.17) is 10.8 Å². The molecule has 0 bridgehead atoms. The van der Waals surface area contributed by atoms with Crippen LogP contribution < -0.4 is 5.73 Å². The number of thioether (sulfide) groups is 1. The standard InChI is InChI=1S/C10H15NOS/c1-13-10-4-2-3-8(5-10)9(6-11)7-12/h2-5,9,12H,6-7,11H2,1H3. The zero-order valence-corrected chi connectivity index (χ0v) is 8.55. The fourth-order valence-electron chi connectivity index (χ4n) is 1.21. The smallest absolute Gasteiger partial charge is 0.0511 e. The van der Waals surface area contributed by atoms with Gasteiger partial charge in [0.2, 0.25) is 0 Å². The molecule has 3 heteroatoms. The van der Waals surface area contributed by atoms with Crippen molar-refractivity contribution in [2.45, 2.75) is 10.8 Å². The van der Waals surface area contributed by atoms with E-state index in [1.807, 2.05) is 18.4 Å². The van der Waals surface area contributed by atoms with Gasteiger partial charge >= 0.3 is 0 Å². The summed E-state index contributed by atoms with van der Waals surface area (Å²) in [6.07, 6.45) is 2.04. The Balaban J connectivity index is 2.86. The van der Waals surface area contributed by atoms with E-state index < -0.39 is 0 Å². The van der Waals surface area contributed by atoms with Gasteiger partial charge in [-0.25, -0.2) is 0 Å². The third-order valence-corrected chi connectivity index (χ3v) is 2.80. The molecule has 1 aromatic rings. The third-order valence-electron chi connectivity index (χ3n) is 2.07. The molecule has 0 saturated heterocycles. The van der Waals surface area contributed by atoms with E-state index >= 15 is 0 Å². The van der Waals surface area contributed by atoms with Crippen molar-refractivity contribution in [3.8, 4) is 0 Å². The Labute approximate surface area is 83.1 Å². The van der Waals surface area contributed by atoms with Crippen molar-refractivity contribution in [3.63, 3.8) is 0 Å². The van der Waals surface area contributed by atoms with Crippen LogP contribution in [0.4, 0.5) is 0 Å². The minimum atomic E-state index is 0.0760. The van der Waals surface area contributed by atoms with Crippen molar-refractivity contribution in [2.24, 2.45) is 5.73 Å². The molecule has 0 fully saturated rings. The predicted molar refractivity (Wildman–Crippen MR) is 57.1 cm³/mol. The highest BCUT2D eigenvalue weighted by molar-refractivity contribution is 7.98. The van der Waals surface area contributed by atoms with Gasteiger partial charge in [0.05, 0.1) is 6.61 Å². The normalized spacial score (nSPS) is 12.8. The molecule has 72 valence electrons. The van der Waals surface area contributed by atoms with E-state index in [1.54, 1.807) is 11.8 Å². The van der Waals surface area contributed by atoms with Crippen LogP contribution in [0.2, 0.25) is 0 Å². The molecule has 3 N–H and O–H groups in total. The Bertz CT molecular complexity index is 261. The maximum Gasteiger partial charge on any atom is 0.0511 e. The molecule has 1 rings (SSSR count). The summed E-state index contributed by atoms with van der Waals surface area (Å²) in [5, 5.41) is 9.06. The molecule has 0 aliphatic heterocycles. The maximum absolute atomic E-state index is 9.06. The lowest BCUT2D eigenvalue weighted by Gasteiger charge is -2.12. The van der Waals surface area contributed by atoms with Crippen LogP contribution in [0.25, 0.3) is 0 Å². The molecular weight excluding hydrogens is 182 g/mol. The van der Waals surface area contributed by atoms with E-state index in [-0.39, 0.29) is 12.5 Å². The lowest BCUT2D eigenvalue weighted by Crippen LogP contribution is -2.15. The molecule has 0 amide bonds. The highest BCUT2D eigenvalue weighted by Gasteiger charge is 2.07. The molecule has 0 aromatic heterocycles. The van der Waals surface area contributed by atoms with E-state index in [2.05, 4.69) is 12.1 Å². The van der Waals surface area contributed by atoms with Gasteiger partial charge in [-0.15, -0.1) is 11.8 Å². The Morgan fingerprint density at radius 2 is 2.31 bits per heavy atom. The maximum atomic E-state index is 9.06. The average molecular weight is 197 g/mol. The minimum absolute atomic E-state index is 0.0760. The second-order valence-electron chi connectivity index (χ2n) is 2.89. The quantitative estimate of drug-likeness (QED) is 0.718. The Morgan fingerprint density at radius 3 is 2.85 bits per heavy atom. The van der Waals surface area contributed by atoms with Gasteiger partial charge in [0, 0.05) is 17.4 Å². The summed E-state index contributed by atoms with van der Waals surface area (Å²) >= 11 is 1.70. The number of nitrogens with two attached hydrogens (primary N) is 1. The summed E-state index contributed by atoms with van der Waals surface area (Å²) in [7, 11) is 0. The first-order valence-electron chi connectivity index (χ1n) is 4.26. The van der Waals surface area contributed by atoms with Crippen LogP contribution in [-0.2, 0) is 0 Å². The van der Waals surface area contributed by atoms with Crippen molar-refractivity contribution < 1.29 is 5.11 Å². The van der Waals surface area contributed by atoms with Crippen molar-refractivity contribution in [1.29, 1.82) is 0 Å². The first-order valence-corrected chi connectivity index (χ1v) is 5.49. The highest BCUT2D eigenvalue weighted by atomic mass is 32.2. The first-order chi connectivity index (χ1) is 6.31. The van der Waals surface area contributed by atoms with E-state index in [1.165, 1.54) is 4.90 Å². The molecule has 13 heavy (non-hydrogen) atoms. The predicted octanol–water partition coefficient (Wildman–Crippen LogP) is 1.44. The fraction of sp³-hybridized carbons (Fsp3) is 0.400. The summed E-state index contributed by atoms with van der Waals surface area (Å²) < 4.78 is 0. The Morgan fingerprint density at radius 1 is 1.54 bits per heavy atom. The second kappa shape index (κ2) is 5.27. The first kappa shape index (κ1) is 10.6. The number of benzene rings is 1. The lowest BCUT2D eigenvalue weighted by atomic mass is 10.0. The van der Waals surface area contributed by atoms with Crippen LogP contribution in [0.5, 0.6) is 0 Å². The van der Waals surface area contributed by atoms with Crippen LogP contribution in [-0.4, -0.2) is 24.5 Å². The molecular formula is C10H15NOS. The summed E-state index contributed by atoms with van der Waals surface area (Å²) in [4.78, 5) is 1.21. The molecule has 0 radical (unpaired) electrons. The zero-order chi connectivity index (χ0) is 9.68. The van der Waals surface area contributed by atoms with Gasteiger partial charge in [0.15, 0.2) is 0 Å². The van der Waals surface area contributed by atoms with Crippen LogP contribution in [0.1, 0.15) is 11.5 Å². The monoisotopic (exact) mass is 197 g/mol. The van der Waals surface area contributed by atoms with Gasteiger partial charge in [-0.1, -0.05) is 12.1 Å². The number of rotatable bonds is 4. The van der Waals surface area contributed by atoms with Crippen molar-refractivity contribution in [2.75, 3.05) is 19.4 Å². The molecule has 0 heterocycles. The van der Waals surface area contributed by atoms with Crippen LogP contribution in [0.15, 0.2) is 29.2 Å². The highest BCUT2D eigenvalue weighted by Crippen LogP contribution is 2.20. The summed E-state index contributed by atoms with van der Waals surface area (Å²) in [5.41, 5.74) is 6.66. The number of aliphatic hydroxyl groups is 1. The van der Waals surface area contributed by atoms with Crippen LogP contribution in [0.3, 0.4) is 0 Å². The Kier molecular flexibility index (Phi) is 4.28. The zero-order valence-electron chi connectivity index (χ0n) is 7.73. The van der Waals surface area contributed by atoms with Crippen molar-refractivity contribution in [1.82, 2.24) is 0 Å². The minimum Gasteiger partial charge on any atom is -0.396 e. The van der Waals surface area contributed by atoms with E-state index in [0.717, 1.165) is 5.56 Å². The van der Waals surface area contributed by atoms with Gasteiger partial charge in [-0.2, -0.15) is 0 Å². The molecule has 1 unspecified atom stereocenters. The fourth-order valence-corrected chi connectivity index (χ4v) is 1.68. The SMILES string of the molecule is CSc1cccc(C(CN)CO)c1. The van der Waals surface area contributed by atoms with Gasteiger partial charge in [-0.3, -0.25) is 0 Å². The van der Waals surface area contributed by atoms with Gasteiger partial charge < -0.3 is 10.8 Å². The lowest BCUT2D eigenvalue weighted by molar-refractivity contribution is 0.267. The Hall–Kier alpha value is -0.510. The molecule has 1 atom stereocenters. The topological polar surface area (TPSA) is 46.2 Å². The average Bonchev–Trinajstić information content (AvgIpc) is 2.20. The van der Waals surface area contributed by atoms with E-state index in [0.29, 0.717) is 6.54 Å². The third kappa shape index (κ3) is 2.72. The molecule has 0 aliphatic carbocycles. The second-order valence-corrected chi connectivity index (χ2v) is 3.77. The summed E-state index contributed by atoms with van der Waals surface area (Å²) in [6.45, 7) is 0.614. The van der Waals surface area contributed by atoms with Crippen molar-refractivity contribution >= 4 is 11.8 Å². The van der Waals surface area contributed by atoms with Gasteiger partial charge in [0.1, 0.15) is 0 Å².